The highest BCUT2D eigenvalue weighted by atomic mass is 16.5. The second-order valence-electron chi connectivity index (χ2n) is 5.74. The summed E-state index contributed by atoms with van der Waals surface area (Å²) in [4.78, 5) is 22.6. The molecule has 0 radical (unpaired) electrons. The van der Waals surface area contributed by atoms with Gasteiger partial charge in [-0.1, -0.05) is 13.8 Å². The highest BCUT2D eigenvalue weighted by Crippen LogP contribution is 2.14. The second-order valence-corrected chi connectivity index (χ2v) is 5.74. The van der Waals surface area contributed by atoms with E-state index in [0.29, 0.717) is 24.6 Å². The average Bonchev–Trinajstić information content (AvgIpc) is 2.47. The zero-order chi connectivity index (χ0) is 16.5. The largest absolute Gasteiger partial charge is 0.494 e. The lowest BCUT2D eigenvalue weighted by molar-refractivity contribution is -0.138. The van der Waals surface area contributed by atoms with Gasteiger partial charge in [-0.2, -0.15) is 0 Å². The van der Waals surface area contributed by atoms with Gasteiger partial charge in [0.25, 0.3) is 0 Å². The number of carboxylic acids is 1. The zero-order valence-electron chi connectivity index (χ0n) is 13.5. The molecule has 0 unspecified atom stereocenters. The predicted molar refractivity (Wildman–Crippen MR) is 85.4 cm³/mol. The van der Waals surface area contributed by atoms with E-state index in [1.54, 1.807) is 31.2 Å². The Morgan fingerprint density at radius 3 is 2.36 bits per heavy atom. The number of nitrogens with one attached hydrogen (secondary N) is 1. The summed E-state index contributed by atoms with van der Waals surface area (Å²) in [5, 5.41) is 11.5. The van der Waals surface area contributed by atoms with Crippen LogP contribution in [0.1, 0.15) is 44.0 Å². The van der Waals surface area contributed by atoms with Crippen molar-refractivity contribution in [2.24, 2.45) is 5.92 Å². The van der Waals surface area contributed by atoms with Gasteiger partial charge in [-0.3, -0.25) is 9.59 Å². The first-order valence-electron chi connectivity index (χ1n) is 7.62. The van der Waals surface area contributed by atoms with E-state index in [1.807, 2.05) is 0 Å². The van der Waals surface area contributed by atoms with Gasteiger partial charge in [0.15, 0.2) is 5.78 Å². The molecule has 0 aliphatic heterocycles. The molecule has 1 atom stereocenters. The third-order valence-corrected chi connectivity index (χ3v) is 3.31. The lowest BCUT2D eigenvalue weighted by atomic mass is 10.1. The molecule has 0 aliphatic carbocycles. The molecule has 5 heteroatoms. The Balaban J connectivity index is 2.38. The van der Waals surface area contributed by atoms with Gasteiger partial charge in [0.05, 0.1) is 6.61 Å². The molecule has 0 aromatic heterocycles. The van der Waals surface area contributed by atoms with Crippen LogP contribution in [-0.2, 0) is 4.79 Å². The molecule has 2 N–H and O–H groups in total. The number of aliphatic carboxylic acids is 1. The Morgan fingerprint density at radius 2 is 1.82 bits per heavy atom. The van der Waals surface area contributed by atoms with Crippen molar-refractivity contribution in [2.45, 2.75) is 39.7 Å². The number of ketones is 1. The molecular formula is C17H25NO4. The summed E-state index contributed by atoms with van der Waals surface area (Å²) < 4.78 is 5.60. The minimum absolute atomic E-state index is 0.0150. The maximum atomic E-state index is 12.0. The van der Waals surface area contributed by atoms with Crippen molar-refractivity contribution in [3.05, 3.63) is 29.8 Å². The number of rotatable bonds is 10. The quantitative estimate of drug-likeness (QED) is 0.650. The number of carbonyl (C=O) groups excluding carboxylic acids is 1. The maximum Gasteiger partial charge on any atom is 0.320 e. The van der Waals surface area contributed by atoms with Crippen molar-refractivity contribution in [1.29, 1.82) is 0 Å². The lowest BCUT2D eigenvalue weighted by Crippen LogP contribution is -2.35. The van der Waals surface area contributed by atoms with Crippen LogP contribution in [0.25, 0.3) is 0 Å². The van der Waals surface area contributed by atoms with Gasteiger partial charge in [0.2, 0.25) is 0 Å². The molecule has 0 aliphatic rings. The minimum atomic E-state index is -0.921. The van der Waals surface area contributed by atoms with Crippen molar-refractivity contribution in [3.8, 4) is 5.75 Å². The van der Waals surface area contributed by atoms with Crippen LogP contribution in [0.5, 0.6) is 5.75 Å². The molecule has 0 fully saturated rings. The molecule has 0 saturated heterocycles. The maximum absolute atomic E-state index is 12.0. The number of carboxylic acid groups (broad SMARTS) is 1. The summed E-state index contributed by atoms with van der Waals surface area (Å²) in [5.41, 5.74) is 0.612. The molecule has 0 amide bonds. The first-order chi connectivity index (χ1) is 10.4. The lowest BCUT2D eigenvalue weighted by Gasteiger charge is -2.09. The summed E-state index contributed by atoms with van der Waals surface area (Å²) in [5.74, 6) is 0.422. The van der Waals surface area contributed by atoms with Gasteiger partial charge in [0.1, 0.15) is 11.8 Å². The van der Waals surface area contributed by atoms with E-state index in [9.17, 15) is 9.59 Å². The fourth-order valence-electron chi connectivity index (χ4n) is 1.78. The van der Waals surface area contributed by atoms with Crippen LogP contribution in [0.3, 0.4) is 0 Å². The Labute approximate surface area is 131 Å². The number of benzene rings is 1. The highest BCUT2D eigenvalue weighted by molar-refractivity contribution is 5.96. The Hall–Kier alpha value is -1.88. The molecule has 0 spiro atoms. The van der Waals surface area contributed by atoms with E-state index in [-0.39, 0.29) is 12.2 Å². The van der Waals surface area contributed by atoms with Crippen LogP contribution in [0.15, 0.2) is 24.3 Å². The van der Waals surface area contributed by atoms with E-state index in [1.165, 1.54) is 0 Å². The fraction of sp³-hybridized carbons (Fsp3) is 0.529. The van der Waals surface area contributed by atoms with E-state index < -0.39 is 12.0 Å². The standard InChI is InChI=1S/C17H25NO4/c1-12(2)9-11-22-15-6-4-14(5-7-15)16(19)8-10-18-13(3)17(20)21/h4-7,12-13,18H,8-11H2,1-3H3,(H,20,21)/t13-/m1/s1. The van der Waals surface area contributed by atoms with Gasteiger partial charge in [0, 0.05) is 18.5 Å². The van der Waals surface area contributed by atoms with Crippen molar-refractivity contribution < 1.29 is 19.4 Å². The van der Waals surface area contributed by atoms with Crippen LogP contribution in [0.2, 0.25) is 0 Å². The summed E-state index contributed by atoms with van der Waals surface area (Å²) in [6.45, 7) is 6.85. The van der Waals surface area contributed by atoms with Gasteiger partial charge >= 0.3 is 5.97 Å². The van der Waals surface area contributed by atoms with Crippen molar-refractivity contribution in [1.82, 2.24) is 5.32 Å². The van der Waals surface area contributed by atoms with E-state index in [2.05, 4.69) is 19.2 Å². The molecule has 0 heterocycles. The molecule has 0 bridgehead atoms. The topological polar surface area (TPSA) is 75.6 Å². The molecule has 1 aromatic rings. The first kappa shape index (κ1) is 18.2. The van der Waals surface area contributed by atoms with Crippen LogP contribution in [-0.4, -0.2) is 36.1 Å². The number of Topliss-reactive ketones (excluding diaryl/α,β-unsaturated/α-hetero) is 1. The summed E-state index contributed by atoms with van der Waals surface area (Å²) in [6, 6.07) is 6.42. The van der Waals surface area contributed by atoms with Gasteiger partial charge in [-0.05, 0) is 43.5 Å². The third kappa shape index (κ3) is 6.72. The Kier molecular flexibility index (Phi) is 7.60. The second kappa shape index (κ2) is 9.20. The summed E-state index contributed by atoms with van der Waals surface area (Å²) in [7, 11) is 0. The number of ether oxygens (including phenoxy) is 1. The molecular weight excluding hydrogens is 282 g/mol. The van der Waals surface area contributed by atoms with Gasteiger partial charge in [-0.15, -0.1) is 0 Å². The fourth-order valence-corrected chi connectivity index (χ4v) is 1.78. The zero-order valence-corrected chi connectivity index (χ0v) is 13.5. The highest BCUT2D eigenvalue weighted by Gasteiger charge is 2.11. The molecule has 122 valence electrons. The van der Waals surface area contributed by atoms with Crippen molar-refractivity contribution >= 4 is 11.8 Å². The monoisotopic (exact) mass is 307 g/mol. The smallest absolute Gasteiger partial charge is 0.320 e. The number of hydrogen-bond donors (Lipinski definition) is 2. The molecule has 22 heavy (non-hydrogen) atoms. The SMILES string of the molecule is CC(C)CCOc1ccc(C(=O)CCN[C@H](C)C(=O)O)cc1. The summed E-state index contributed by atoms with van der Waals surface area (Å²) >= 11 is 0. The predicted octanol–water partition coefficient (Wildman–Crippen LogP) is 2.75. The molecule has 1 aromatic carbocycles. The first-order valence-corrected chi connectivity index (χ1v) is 7.62. The Bertz CT molecular complexity index is 482. The van der Waals surface area contributed by atoms with Crippen molar-refractivity contribution in [3.63, 3.8) is 0 Å². The van der Waals surface area contributed by atoms with Crippen LogP contribution in [0.4, 0.5) is 0 Å². The van der Waals surface area contributed by atoms with E-state index in [4.69, 9.17) is 9.84 Å². The van der Waals surface area contributed by atoms with Crippen LogP contribution >= 0.6 is 0 Å². The van der Waals surface area contributed by atoms with Gasteiger partial charge in [-0.25, -0.2) is 0 Å². The normalized spacial score (nSPS) is 12.2. The van der Waals surface area contributed by atoms with Crippen molar-refractivity contribution in [2.75, 3.05) is 13.2 Å². The molecule has 5 nitrogen and oxygen atoms in total. The van der Waals surface area contributed by atoms with Crippen LogP contribution in [0, 0.1) is 5.92 Å². The van der Waals surface area contributed by atoms with Gasteiger partial charge < -0.3 is 15.2 Å². The molecule has 1 rings (SSSR count). The van der Waals surface area contributed by atoms with Crippen LogP contribution < -0.4 is 10.1 Å². The minimum Gasteiger partial charge on any atom is -0.494 e. The summed E-state index contributed by atoms with van der Waals surface area (Å²) in [6.07, 6.45) is 1.26. The van der Waals surface area contributed by atoms with E-state index in [0.717, 1.165) is 12.2 Å². The molecule has 0 saturated carbocycles. The Morgan fingerprint density at radius 1 is 1.18 bits per heavy atom. The number of hydrogen-bond acceptors (Lipinski definition) is 4. The number of carbonyl (C=O) groups is 2. The van der Waals surface area contributed by atoms with E-state index >= 15 is 0 Å². The third-order valence-electron chi connectivity index (χ3n) is 3.31. The average molecular weight is 307 g/mol.